The van der Waals surface area contributed by atoms with E-state index < -0.39 is 0 Å². The molecule has 16 heavy (non-hydrogen) atoms. The Balaban J connectivity index is 1.78. The minimum Gasteiger partial charge on any atom is -0.391 e. The lowest BCUT2D eigenvalue weighted by Crippen LogP contribution is -2.39. The van der Waals surface area contributed by atoms with Crippen LogP contribution in [0.1, 0.15) is 44.9 Å². The van der Waals surface area contributed by atoms with Crippen molar-refractivity contribution in [2.75, 3.05) is 13.6 Å². The van der Waals surface area contributed by atoms with Gasteiger partial charge in [0.25, 0.3) is 0 Å². The van der Waals surface area contributed by atoms with Gasteiger partial charge in [-0.2, -0.15) is 0 Å². The first-order valence-electron chi connectivity index (χ1n) is 6.61. The van der Waals surface area contributed by atoms with Crippen LogP contribution >= 0.6 is 0 Å². The fourth-order valence-electron chi connectivity index (χ4n) is 2.66. The number of hydrogen-bond donors (Lipinski definition) is 1. The lowest BCUT2D eigenvalue weighted by molar-refractivity contribution is -0.136. The maximum atomic E-state index is 12.1. The quantitative estimate of drug-likeness (QED) is 0.792. The summed E-state index contributed by atoms with van der Waals surface area (Å²) in [5.74, 6) is 0.936. The van der Waals surface area contributed by atoms with Crippen LogP contribution in [0.3, 0.4) is 0 Å². The van der Waals surface area contributed by atoms with Crippen LogP contribution in [0.15, 0.2) is 0 Å². The Morgan fingerprint density at radius 2 is 1.88 bits per heavy atom. The van der Waals surface area contributed by atoms with Crippen molar-refractivity contribution < 1.29 is 9.90 Å². The molecular formula is C13H23NO2. The Labute approximate surface area is 97.8 Å². The van der Waals surface area contributed by atoms with Gasteiger partial charge in [-0.3, -0.25) is 4.79 Å². The molecule has 92 valence electrons. The van der Waals surface area contributed by atoms with Gasteiger partial charge in [-0.15, -0.1) is 0 Å². The second-order valence-electron chi connectivity index (χ2n) is 5.46. The Bertz CT molecular complexity index is 244. The van der Waals surface area contributed by atoms with E-state index in [1.54, 1.807) is 4.90 Å². The van der Waals surface area contributed by atoms with E-state index in [1.807, 2.05) is 7.05 Å². The number of likely N-dealkylation sites (N-methyl/N-ethyl adjacent to an activating group) is 1. The molecule has 0 aromatic carbocycles. The summed E-state index contributed by atoms with van der Waals surface area (Å²) in [4.78, 5) is 13.8. The molecule has 0 spiro atoms. The molecule has 3 heteroatoms. The number of nitrogens with zero attached hydrogens (tertiary/aromatic N) is 1. The molecule has 1 atom stereocenters. The van der Waals surface area contributed by atoms with Crippen LogP contribution in [0.25, 0.3) is 0 Å². The van der Waals surface area contributed by atoms with Crippen LogP contribution in [0.4, 0.5) is 0 Å². The Kier molecular flexibility index (Phi) is 3.85. The summed E-state index contributed by atoms with van der Waals surface area (Å²) in [5, 5.41) is 9.81. The fourth-order valence-corrected chi connectivity index (χ4v) is 2.66. The highest BCUT2D eigenvalue weighted by atomic mass is 16.3. The van der Waals surface area contributed by atoms with Crippen LogP contribution in [-0.2, 0) is 4.79 Å². The number of aliphatic hydroxyl groups excluding tert-OH is 1. The minimum atomic E-state index is -0.294. The molecule has 1 N–H and O–H groups in total. The van der Waals surface area contributed by atoms with E-state index in [0.717, 1.165) is 25.7 Å². The first kappa shape index (κ1) is 11.9. The van der Waals surface area contributed by atoms with Crippen molar-refractivity contribution in [2.24, 2.45) is 11.8 Å². The van der Waals surface area contributed by atoms with E-state index in [4.69, 9.17) is 0 Å². The van der Waals surface area contributed by atoms with E-state index in [0.29, 0.717) is 12.5 Å². The zero-order valence-corrected chi connectivity index (χ0v) is 10.2. The molecule has 1 amide bonds. The summed E-state index contributed by atoms with van der Waals surface area (Å²) in [6.45, 7) is 0.528. The zero-order chi connectivity index (χ0) is 11.5. The molecule has 2 aliphatic rings. The molecule has 3 nitrogen and oxygen atoms in total. The Morgan fingerprint density at radius 3 is 2.44 bits per heavy atom. The molecule has 2 saturated carbocycles. The summed E-state index contributed by atoms with van der Waals surface area (Å²) in [6, 6.07) is 0. The highest BCUT2D eigenvalue weighted by Gasteiger charge is 2.32. The molecule has 2 rings (SSSR count). The van der Waals surface area contributed by atoms with E-state index in [1.165, 1.54) is 19.3 Å². The Hall–Kier alpha value is -0.570. The maximum Gasteiger partial charge on any atom is 0.225 e. The van der Waals surface area contributed by atoms with Crippen molar-refractivity contribution in [2.45, 2.75) is 51.0 Å². The first-order valence-corrected chi connectivity index (χ1v) is 6.61. The molecule has 0 radical (unpaired) electrons. The van der Waals surface area contributed by atoms with Gasteiger partial charge in [-0.05, 0) is 31.6 Å². The Morgan fingerprint density at radius 1 is 1.25 bits per heavy atom. The van der Waals surface area contributed by atoms with Gasteiger partial charge in [0.15, 0.2) is 0 Å². The van der Waals surface area contributed by atoms with E-state index >= 15 is 0 Å². The summed E-state index contributed by atoms with van der Waals surface area (Å²) in [5.41, 5.74) is 0. The van der Waals surface area contributed by atoms with Crippen LogP contribution in [0.2, 0.25) is 0 Å². The second kappa shape index (κ2) is 5.17. The molecule has 2 fully saturated rings. The molecule has 0 saturated heterocycles. The van der Waals surface area contributed by atoms with Crippen LogP contribution in [0.5, 0.6) is 0 Å². The zero-order valence-electron chi connectivity index (χ0n) is 10.2. The largest absolute Gasteiger partial charge is 0.391 e. The normalized spacial score (nSPS) is 24.1. The molecule has 0 aliphatic heterocycles. The third-order valence-electron chi connectivity index (χ3n) is 3.96. The van der Waals surface area contributed by atoms with Gasteiger partial charge >= 0.3 is 0 Å². The van der Waals surface area contributed by atoms with Gasteiger partial charge in [0.2, 0.25) is 5.91 Å². The summed E-state index contributed by atoms with van der Waals surface area (Å²) < 4.78 is 0. The average Bonchev–Trinajstić information content (AvgIpc) is 3.13. The van der Waals surface area contributed by atoms with E-state index in [9.17, 15) is 9.90 Å². The third kappa shape index (κ3) is 2.97. The van der Waals surface area contributed by atoms with Gasteiger partial charge in [0.05, 0.1) is 6.10 Å². The van der Waals surface area contributed by atoms with Crippen molar-refractivity contribution in [3.63, 3.8) is 0 Å². The second-order valence-corrected chi connectivity index (χ2v) is 5.46. The molecule has 1 unspecified atom stereocenters. The fraction of sp³-hybridized carbons (Fsp3) is 0.923. The number of amides is 1. The number of carbonyl (C=O) groups excluding carboxylic acids is 1. The van der Waals surface area contributed by atoms with Crippen molar-refractivity contribution >= 4 is 5.91 Å². The topological polar surface area (TPSA) is 40.5 Å². The number of rotatable bonds is 4. The molecular weight excluding hydrogens is 202 g/mol. The molecule has 0 aromatic heterocycles. The van der Waals surface area contributed by atoms with Crippen molar-refractivity contribution in [1.82, 2.24) is 4.90 Å². The highest BCUT2D eigenvalue weighted by Crippen LogP contribution is 2.33. The van der Waals surface area contributed by atoms with Crippen molar-refractivity contribution in [3.05, 3.63) is 0 Å². The number of carbonyl (C=O) groups is 1. The number of aliphatic hydroxyl groups is 1. The van der Waals surface area contributed by atoms with Gasteiger partial charge in [0, 0.05) is 19.5 Å². The third-order valence-corrected chi connectivity index (χ3v) is 3.96. The van der Waals surface area contributed by atoms with Gasteiger partial charge < -0.3 is 10.0 Å². The predicted octanol–water partition coefficient (Wildman–Crippen LogP) is 1.80. The predicted molar refractivity (Wildman–Crippen MR) is 62.9 cm³/mol. The highest BCUT2D eigenvalue weighted by molar-refractivity contribution is 5.78. The number of hydrogen-bond acceptors (Lipinski definition) is 2. The van der Waals surface area contributed by atoms with Gasteiger partial charge in [-0.1, -0.05) is 19.3 Å². The van der Waals surface area contributed by atoms with Gasteiger partial charge in [0.1, 0.15) is 0 Å². The standard InChI is InChI=1S/C13H23NO2/c1-14(9-12(15)10-7-8-10)13(16)11-5-3-2-4-6-11/h10-12,15H,2-9H2,1H3. The molecule has 0 bridgehead atoms. The summed E-state index contributed by atoms with van der Waals surface area (Å²) in [7, 11) is 1.84. The van der Waals surface area contributed by atoms with Crippen molar-refractivity contribution in [1.29, 1.82) is 0 Å². The van der Waals surface area contributed by atoms with Crippen LogP contribution in [0, 0.1) is 11.8 Å². The van der Waals surface area contributed by atoms with E-state index in [2.05, 4.69) is 0 Å². The SMILES string of the molecule is CN(CC(O)C1CC1)C(=O)C1CCCCC1. The summed E-state index contributed by atoms with van der Waals surface area (Å²) in [6.07, 6.45) is 7.71. The lowest BCUT2D eigenvalue weighted by atomic mass is 9.88. The molecule has 0 aromatic rings. The average molecular weight is 225 g/mol. The monoisotopic (exact) mass is 225 g/mol. The van der Waals surface area contributed by atoms with Gasteiger partial charge in [-0.25, -0.2) is 0 Å². The van der Waals surface area contributed by atoms with Crippen LogP contribution in [-0.4, -0.2) is 35.6 Å². The molecule has 0 heterocycles. The van der Waals surface area contributed by atoms with Crippen molar-refractivity contribution in [3.8, 4) is 0 Å². The summed E-state index contributed by atoms with van der Waals surface area (Å²) >= 11 is 0. The smallest absolute Gasteiger partial charge is 0.225 e. The van der Waals surface area contributed by atoms with Crippen LogP contribution < -0.4 is 0 Å². The molecule has 2 aliphatic carbocycles. The minimum absolute atomic E-state index is 0.227. The lowest BCUT2D eigenvalue weighted by Gasteiger charge is -2.27. The van der Waals surface area contributed by atoms with E-state index in [-0.39, 0.29) is 17.9 Å². The maximum absolute atomic E-state index is 12.1. The first-order chi connectivity index (χ1) is 7.68.